The number of nitrogens with zero attached hydrogens (tertiary/aromatic N) is 3. The highest BCUT2D eigenvalue weighted by Gasteiger charge is 2.23. The Hall–Kier alpha value is -3.49. The van der Waals surface area contributed by atoms with Crippen LogP contribution in [0.25, 0.3) is 11.0 Å². The van der Waals surface area contributed by atoms with Gasteiger partial charge in [0.25, 0.3) is 11.7 Å². The first-order chi connectivity index (χ1) is 15.9. The molecule has 0 fully saturated rings. The molecule has 0 unspecified atom stereocenters. The molecule has 168 valence electrons. The van der Waals surface area contributed by atoms with E-state index in [1.165, 1.54) is 24.5 Å². The minimum absolute atomic E-state index is 0.117. The molecule has 0 bridgehead atoms. The number of ketones is 1. The van der Waals surface area contributed by atoms with Crippen molar-refractivity contribution in [3.63, 3.8) is 0 Å². The first-order valence-electron chi connectivity index (χ1n) is 9.91. The predicted octanol–water partition coefficient (Wildman–Crippen LogP) is 5.17. The van der Waals surface area contributed by atoms with Crippen LogP contribution in [0.1, 0.15) is 16.8 Å². The highest BCUT2D eigenvalue weighted by atomic mass is 35.5. The molecule has 0 atom stereocenters. The van der Waals surface area contributed by atoms with Crippen LogP contribution in [-0.2, 0) is 11.3 Å². The van der Waals surface area contributed by atoms with E-state index in [9.17, 15) is 14.0 Å². The van der Waals surface area contributed by atoms with E-state index in [1.807, 2.05) is 0 Å². The number of fused-ring (bicyclic) bond motifs is 1. The largest absolute Gasteiger partial charge is 0.494 e. The lowest BCUT2D eigenvalue weighted by molar-refractivity contribution is -0.112. The van der Waals surface area contributed by atoms with Crippen molar-refractivity contribution < 1.29 is 18.7 Å². The summed E-state index contributed by atoms with van der Waals surface area (Å²) < 4.78 is 20.4. The molecule has 0 aliphatic rings. The quantitative estimate of drug-likeness (QED) is 0.211. The van der Waals surface area contributed by atoms with E-state index in [0.29, 0.717) is 36.4 Å². The van der Waals surface area contributed by atoms with Gasteiger partial charge in [-0.05, 0) is 42.8 Å². The van der Waals surface area contributed by atoms with Crippen molar-refractivity contribution in [2.24, 2.45) is 0 Å². The summed E-state index contributed by atoms with van der Waals surface area (Å²) in [5.41, 5.74) is 0.887. The number of pyridine rings is 2. The van der Waals surface area contributed by atoms with Gasteiger partial charge in [-0.1, -0.05) is 23.2 Å². The lowest BCUT2D eigenvalue weighted by Crippen LogP contribution is -2.23. The molecule has 1 aromatic carbocycles. The number of aryl methyl sites for hydroxylation is 1. The number of anilines is 1. The van der Waals surface area contributed by atoms with Gasteiger partial charge in [0.15, 0.2) is 0 Å². The second kappa shape index (κ2) is 9.97. The third kappa shape index (κ3) is 5.13. The normalized spacial score (nSPS) is 10.9. The minimum Gasteiger partial charge on any atom is -0.494 e. The average molecular weight is 487 g/mol. The van der Waals surface area contributed by atoms with Crippen molar-refractivity contribution in [2.45, 2.75) is 13.0 Å². The molecule has 3 aromatic heterocycles. The van der Waals surface area contributed by atoms with Crippen LogP contribution in [0.4, 0.5) is 10.1 Å². The average Bonchev–Trinajstić information content (AvgIpc) is 3.18. The number of Topliss-reactive ketones (excluding diaryl/α,β-unsaturated/α-hetero) is 1. The smallest absolute Gasteiger partial charge is 0.296 e. The van der Waals surface area contributed by atoms with Crippen LogP contribution in [0.15, 0.2) is 61.2 Å². The van der Waals surface area contributed by atoms with Gasteiger partial charge in [0, 0.05) is 36.7 Å². The molecule has 0 aliphatic carbocycles. The molecule has 0 saturated heterocycles. The number of carbonyl (C=O) groups is 2. The SMILES string of the molecule is O=C(Nc1c(Cl)cncc1Cl)C(=O)c1cn(CCCOc2ccc(F)cc2)c2ncccc12. The van der Waals surface area contributed by atoms with Crippen LogP contribution in [0.3, 0.4) is 0 Å². The maximum atomic E-state index is 13.0. The Morgan fingerprint density at radius 2 is 1.82 bits per heavy atom. The highest BCUT2D eigenvalue weighted by molar-refractivity contribution is 6.50. The molecule has 7 nitrogen and oxygen atoms in total. The van der Waals surface area contributed by atoms with Gasteiger partial charge in [-0.25, -0.2) is 9.37 Å². The number of aromatic nitrogens is 3. The van der Waals surface area contributed by atoms with E-state index in [1.54, 1.807) is 41.2 Å². The van der Waals surface area contributed by atoms with Crippen molar-refractivity contribution in [1.82, 2.24) is 14.5 Å². The van der Waals surface area contributed by atoms with Gasteiger partial charge in [-0.2, -0.15) is 0 Å². The van der Waals surface area contributed by atoms with Crippen molar-refractivity contribution in [2.75, 3.05) is 11.9 Å². The number of ether oxygens (including phenoxy) is 1. The maximum Gasteiger partial charge on any atom is 0.296 e. The molecule has 0 radical (unpaired) electrons. The molecular weight excluding hydrogens is 470 g/mol. The number of amides is 1. The van der Waals surface area contributed by atoms with Gasteiger partial charge in [-0.3, -0.25) is 14.6 Å². The van der Waals surface area contributed by atoms with E-state index >= 15 is 0 Å². The summed E-state index contributed by atoms with van der Waals surface area (Å²) in [6.45, 7) is 0.868. The first kappa shape index (κ1) is 22.7. The number of carbonyl (C=O) groups excluding carboxylic acids is 2. The van der Waals surface area contributed by atoms with Gasteiger partial charge >= 0.3 is 0 Å². The lowest BCUT2D eigenvalue weighted by atomic mass is 10.1. The summed E-state index contributed by atoms with van der Waals surface area (Å²) in [5.74, 6) is -1.40. The molecule has 3 heterocycles. The Kier molecular flexibility index (Phi) is 6.86. The van der Waals surface area contributed by atoms with Crippen molar-refractivity contribution in [3.05, 3.63) is 82.6 Å². The third-order valence-electron chi connectivity index (χ3n) is 4.80. The zero-order valence-electron chi connectivity index (χ0n) is 17.1. The fourth-order valence-corrected chi connectivity index (χ4v) is 3.71. The minimum atomic E-state index is -0.882. The summed E-state index contributed by atoms with van der Waals surface area (Å²) in [5, 5.41) is 3.24. The number of benzene rings is 1. The molecular formula is C23H17Cl2FN4O3. The fraction of sp³-hybridized carbons (Fsp3) is 0.130. The molecule has 4 aromatic rings. The summed E-state index contributed by atoms with van der Waals surface area (Å²) >= 11 is 12.1. The Morgan fingerprint density at radius 1 is 1.09 bits per heavy atom. The molecule has 1 amide bonds. The number of hydrogen-bond donors (Lipinski definition) is 1. The van der Waals surface area contributed by atoms with Gasteiger partial charge in [0.2, 0.25) is 0 Å². The van der Waals surface area contributed by atoms with Gasteiger partial charge < -0.3 is 14.6 Å². The molecule has 10 heteroatoms. The highest BCUT2D eigenvalue weighted by Crippen LogP contribution is 2.29. The van der Waals surface area contributed by atoms with Crippen molar-refractivity contribution >= 4 is 51.6 Å². The van der Waals surface area contributed by atoms with Crippen LogP contribution in [0, 0.1) is 5.82 Å². The fourth-order valence-electron chi connectivity index (χ4n) is 3.25. The first-order valence-corrected chi connectivity index (χ1v) is 10.7. The number of hydrogen-bond acceptors (Lipinski definition) is 5. The van der Waals surface area contributed by atoms with Gasteiger partial charge in [0.1, 0.15) is 17.2 Å². The number of rotatable bonds is 8. The Morgan fingerprint density at radius 3 is 2.55 bits per heavy atom. The molecule has 1 N–H and O–H groups in total. The molecule has 33 heavy (non-hydrogen) atoms. The number of halogens is 3. The summed E-state index contributed by atoms with van der Waals surface area (Å²) in [4.78, 5) is 33.7. The van der Waals surface area contributed by atoms with E-state index < -0.39 is 11.7 Å². The summed E-state index contributed by atoms with van der Waals surface area (Å²) in [7, 11) is 0. The predicted molar refractivity (Wildman–Crippen MR) is 123 cm³/mol. The van der Waals surface area contributed by atoms with Crippen LogP contribution in [0.5, 0.6) is 5.75 Å². The van der Waals surface area contributed by atoms with E-state index in [-0.39, 0.29) is 27.1 Å². The monoisotopic (exact) mass is 486 g/mol. The molecule has 0 saturated carbocycles. The Balaban J connectivity index is 1.48. The summed E-state index contributed by atoms with van der Waals surface area (Å²) in [6, 6.07) is 9.18. The van der Waals surface area contributed by atoms with Crippen LogP contribution < -0.4 is 10.1 Å². The zero-order chi connectivity index (χ0) is 23.4. The van der Waals surface area contributed by atoms with E-state index in [0.717, 1.165) is 0 Å². The standard InChI is InChI=1S/C23H17Cl2FN4O3/c24-18-11-27-12-19(25)20(18)29-23(32)21(31)17-13-30(22-16(17)3-1-8-28-22)9-2-10-33-15-6-4-14(26)5-7-15/h1,3-8,11-13H,2,9-10H2,(H,27,29,32). The molecule has 0 spiro atoms. The number of nitrogens with one attached hydrogen (secondary N) is 1. The zero-order valence-corrected chi connectivity index (χ0v) is 18.6. The summed E-state index contributed by atoms with van der Waals surface area (Å²) in [6.07, 6.45) is 6.43. The maximum absolute atomic E-state index is 13.0. The van der Waals surface area contributed by atoms with E-state index in [4.69, 9.17) is 27.9 Å². The van der Waals surface area contributed by atoms with Gasteiger partial charge in [0.05, 0.1) is 27.9 Å². The topological polar surface area (TPSA) is 86.1 Å². The van der Waals surface area contributed by atoms with Crippen molar-refractivity contribution in [1.29, 1.82) is 0 Å². The lowest BCUT2D eigenvalue weighted by Gasteiger charge is -2.08. The molecule has 0 aliphatic heterocycles. The van der Waals surface area contributed by atoms with E-state index in [2.05, 4.69) is 15.3 Å². The Labute approximate surface area is 198 Å². The van der Waals surface area contributed by atoms with Crippen LogP contribution in [0.2, 0.25) is 10.0 Å². The third-order valence-corrected chi connectivity index (χ3v) is 5.38. The van der Waals surface area contributed by atoms with Crippen molar-refractivity contribution in [3.8, 4) is 5.75 Å². The Bertz CT molecular complexity index is 1310. The van der Waals surface area contributed by atoms with Crippen LogP contribution in [-0.4, -0.2) is 32.8 Å². The second-order valence-corrected chi connectivity index (χ2v) is 7.84. The molecule has 4 rings (SSSR count). The van der Waals surface area contributed by atoms with Crippen LogP contribution >= 0.6 is 23.2 Å². The van der Waals surface area contributed by atoms with Gasteiger partial charge in [-0.15, -0.1) is 0 Å². The second-order valence-electron chi connectivity index (χ2n) is 7.03.